The van der Waals surface area contributed by atoms with Crippen molar-refractivity contribution < 1.29 is 19.1 Å². The van der Waals surface area contributed by atoms with Gasteiger partial charge in [0.25, 0.3) is 0 Å². The Morgan fingerprint density at radius 1 is 1.23 bits per heavy atom. The second-order valence-corrected chi connectivity index (χ2v) is 13.6. The Balaban J connectivity index is 1.42. The van der Waals surface area contributed by atoms with Crippen molar-refractivity contribution in [3.05, 3.63) is 57.6 Å². The molecule has 2 aromatic carbocycles. The van der Waals surface area contributed by atoms with E-state index in [0.717, 1.165) is 27.8 Å². The van der Waals surface area contributed by atoms with Crippen molar-refractivity contribution in [3.63, 3.8) is 0 Å². The molecule has 2 amide bonds. The quantitative estimate of drug-likeness (QED) is 0.384. The minimum atomic E-state index is -1.47. The monoisotopic (exact) mass is 615 g/mol. The number of ether oxygens (including phenoxy) is 1. The van der Waals surface area contributed by atoms with E-state index in [-0.39, 0.29) is 17.7 Å². The Labute approximate surface area is 240 Å². The fourth-order valence-corrected chi connectivity index (χ4v) is 7.68. The number of anilines is 1. The van der Waals surface area contributed by atoms with Crippen LogP contribution in [0.25, 0.3) is 0 Å². The summed E-state index contributed by atoms with van der Waals surface area (Å²) in [7, 11) is 0. The first-order chi connectivity index (χ1) is 18.3. The van der Waals surface area contributed by atoms with Gasteiger partial charge in [0, 0.05) is 40.1 Å². The number of nitrogens with zero attached hydrogens (tertiary/aromatic N) is 1. The molecule has 4 unspecified atom stereocenters. The number of likely N-dealkylation sites (tertiary alicyclic amines) is 1. The Morgan fingerprint density at radius 3 is 2.67 bits per heavy atom. The summed E-state index contributed by atoms with van der Waals surface area (Å²) in [5.74, 6) is -1.16. The number of carbonyl (C=O) groups excluding carboxylic acids is 3. The summed E-state index contributed by atoms with van der Waals surface area (Å²) in [6.45, 7) is 6.39. The minimum Gasteiger partial charge on any atom is -0.444 e. The molecule has 3 aliphatic rings. The van der Waals surface area contributed by atoms with Crippen LogP contribution in [0.4, 0.5) is 10.5 Å². The van der Waals surface area contributed by atoms with Gasteiger partial charge in [-0.2, -0.15) is 0 Å². The summed E-state index contributed by atoms with van der Waals surface area (Å²) in [6, 6.07) is 9.59. The number of nitrogens with two attached hydrogens (primary N) is 3. The van der Waals surface area contributed by atoms with Gasteiger partial charge in [0.05, 0.1) is 11.3 Å². The first-order valence-electron chi connectivity index (χ1n) is 13.0. The molecule has 0 aromatic heterocycles. The van der Waals surface area contributed by atoms with Gasteiger partial charge in [-0.05, 0) is 68.5 Å². The summed E-state index contributed by atoms with van der Waals surface area (Å²) in [5.41, 5.74) is 20.4. The summed E-state index contributed by atoms with van der Waals surface area (Å²) in [6.07, 6.45) is 1.07. The van der Waals surface area contributed by atoms with Crippen LogP contribution in [0.5, 0.6) is 0 Å². The van der Waals surface area contributed by atoms with Gasteiger partial charge in [0.2, 0.25) is 5.91 Å². The molecule has 2 aromatic rings. The van der Waals surface area contributed by atoms with E-state index in [4.69, 9.17) is 21.9 Å². The van der Waals surface area contributed by atoms with E-state index in [2.05, 4.69) is 21.2 Å². The Hall–Kier alpha value is -2.60. The van der Waals surface area contributed by atoms with Gasteiger partial charge in [-0.3, -0.25) is 9.59 Å². The number of piperidine rings is 1. The molecule has 5 rings (SSSR count). The van der Waals surface area contributed by atoms with Gasteiger partial charge < -0.3 is 32.2 Å². The molecule has 0 spiro atoms. The molecule has 1 fully saturated rings. The largest absolute Gasteiger partial charge is 0.444 e. The van der Waals surface area contributed by atoms with E-state index in [1.165, 1.54) is 11.8 Å². The van der Waals surface area contributed by atoms with Gasteiger partial charge >= 0.3 is 6.09 Å². The standard InChI is InChI=1S/C28H34BrN5O4S/c1-27(2,3)38-26(37)34-11-5-8-16(13-34)33-25(36)23-20-19-17(9-10-18(30)22(19)39-23)28(32,24(35)21(20)31)14-6-4-7-15(29)12-14/h4,6-7,9-10,12,16,20-21,23H,5,8,11,13,30-32H2,1-3H3,(H,33,36)/t16-,20?,21?,23?,28?/m1/s1. The number of thioether (sulfide) groups is 1. The second-order valence-electron chi connectivity index (χ2n) is 11.5. The van der Waals surface area contributed by atoms with Crippen LogP contribution >= 0.6 is 27.7 Å². The molecule has 0 radical (unpaired) electrons. The van der Waals surface area contributed by atoms with Crippen molar-refractivity contribution in [2.24, 2.45) is 11.5 Å². The normalized spacial score (nSPS) is 28.2. The van der Waals surface area contributed by atoms with Crippen LogP contribution in [-0.4, -0.2) is 58.7 Å². The molecule has 0 bridgehead atoms. The molecule has 0 saturated carbocycles. The zero-order valence-electron chi connectivity index (χ0n) is 22.2. The Kier molecular flexibility index (Phi) is 7.24. The summed E-state index contributed by atoms with van der Waals surface area (Å²) >= 11 is 4.80. The second kappa shape index (κ2) is 10.1. The molecule has 2 aliphatic heterocycles. The number of amides is 2. The molecule has 39 heavy (non-hydrogen) atoms. The number of carbonyl (C=O) groups is 3. The molecular weight excluding hydrogens is 582 g/mol. The van der Waals surface area contributed by atoms with E-state index in [0.29, 0.717) is 29.9 Å². The van der Waals surface area contributed by atoms with Gasteiger partial charge in [0.1, 0.15) is 11.1 Å². The molecule has 11 heteroatoms. The fourth-order valence-electron chi connectivity index (χ4n) is 5.82. The van der Waals surface area contributed by atoms with Crippen LogP contribution in [-0.2, 0) is 19.9 Å². The number of halogens is 1. The summed E-state index contributed by atoms with van der Waals surface area (Å²) < 4.78 is 6.31. The van der Waals surface area contributed by atoms with Crippen LogP contribution in [0, 0.1) is 0 Å². The van der Waals surface area contributed by atoms with Crippen LogP contribution in [0.2, 0.25) is 0 Å². The van der Waals surface area contributed by atoms with Crippen molar-refractivity contribution >= 4 is 51.2 Å². The number of ketones is 1. The lowest BCUT2D eigenvalue weighted by atomic mass is 9.65. The highest BCUT2D eigenvalue weighted by atomic mass is 79.9. The van der Waals surface area contributed by atoms with Crippen molar-refractivity contribution in [1.82, 2.24) is 10.2 Å². The maximum atomic E-state index is 13.9. The summed E-state index contributed by atoms with van der Waals surface area (Å²) in [5, 5.41) is 2.45. The third-order valence-corrected chi connectivity index (χ3v) is 9.54. The van der Waals surface area contributed by atoms with Gasteiger partial charge in [-0.25, -0.2) is 4.79 Å². The Bertz CT molecular complexity index is 1350. The van der Waals surface area contributed by atoms with E-state index in [1.807, 2.05) is 45.0 Å². The molecule has 5 atom stereocenters. The molecular formula is C28H34BrN5O4S. The number of rotatable bonds is 3. The lowest BCUT2D eigenvalue weighted by molar-refractivity contribution is -0.126. The van der Waals surface area contributed by atoms with Crippen molar-refractivity contribution in [3.8, 4) is 0 Å². The average molecular weight is 617 g/mol. The molecule has 208 valence electrons. The molecule has 1 saturated heterocycles. The molecule has 1 aliphatic carbocycles. The van der Waals surface area contributed by atoms with Crippen molar-refractivity contribution in [2.45, 2.75) is 72.9 Å². The lowest BCUT2D eigenvalue weighted by Crippen LogP contribution is -2.61. The third kappa shape index (κ3) is 4.94. The first kappa shape index (κ1) is 27.9. The molecule has 9 nitrogen and oxygen atoms in total. The fraction of sp³-hybridized carbons (Fsp3) is 0.464. The maximum Gasteiger partial charge on any atom is 0.410 e. The van der Waals surface area contributed by atoms with E-state index in [1.54, 1.807) is 17.0 Å². The number of nitrogens with one attached hydrogen (secondary N) is 1. The van der Waals surface area contributed by atoms with Crippen LogP contribution in [0.3, 0.4) is 0 Å². The zero-order chi connectivity index (χ0) is 28.3. The van der Waals surface area contributed by atoms with Gasteiger partial charge in [-0.1, -0.05) is 34.1 Å². The van der Waals surface area contributed by atoms with Crippen LogP contribution < -0.4 is 22.5 Å². The lowest BCUT2D eigenvalue weighted by Gasteiger charge is -2.41. The smallest absolute Gasteiger partial charge is 0.410 e. The number of benzene rings is 2. The first-order valence-corrected chi connectivity index (χ1v) is 14.7. The average Bonchev–Trinajstić information content (AvgIpc) is 3.28. The van der Waals surface area contributed by atoms with Crippen LogP contribution in [0.1, 0.15) is 56.2 Å². The number of hydrogen-bond donors (Lipinski definition) is 4. The number of hydrogen-bond acceptors (Lipinski definition) is 8. The highest BCUT2D eigenvalue weighted by Gasteiger charge is 2.56. The number of Topliss-reactive ketones (excluding diaryl/α,β-unsaturated/α-hetero) is 1. The molecule has 7 N–H and O–H groups in total. The van der Waals surface area contributed by atoms with Crippen LogP contribution in [0.15, 0.2) is 45.8 Å². The highest BCUT2D eigenvalue weighted by molar-refractivity contribution is 9.10. The van der Waals surface area contributed by atoms with Gasteiger partial charge in [-0.15, -0.1) is 11.8 Å². The predicted molar refractivity (Wildman–Crippen MR) is 154 cm³/mol. The third-order valence-electron chi connectivity index (χ3n) is 7.59. The highest BCUT2D eigenvalue weighted by Crippen LogP contribution is 2.56. The maximum absolute atomic E-state index is 13.9. The van der Waals surface area contributed by atoms with E-state index in [9.17, 15) is 14.4 Å². The minimum absolute atomic E-state index is 0.238. The van der Waals surface area contributed by atoms with Gasteiger partial charge in [0.15, 0.2) is 5.78 Å². The zero-order valence-corrected chi connectivity index (χ0v) is 24.6. The number of nitrogen functional groups attached to an aromatic ring is 1. The topological polar surface area (TPSA) is 154 Å². The summed E-state index contributed by atoms with van der Waals surface area (Å²) in [4.78, 5) is 42.6. The van der Waals surface area contributed by atoms with Crippen molar-refractivity contribution in [2.75, 3.05) is 18.8 Å². The SMILES string of the molecule is CC(C)(C)OC(=O)N1CCC[C@@H](NC(=O)C2Sc3c(N)ccc4c3C2C(N)C(=O)C4(N)c2cccc(Br)c2)C1. The van der Waals surface area contributed by atoms with E-state index < -0.39 is 34.4 Å². The molecule has 2 heterocycles. The Morgan fingerprint density at radius 2 is 1.97 bits per heavy atom. The predicted octanol–water partition coefficient (Wildman–Crippen LogP) is 3.22. The van der Waals surface area contributed by atoms with E-state index >= 15 is 0 Å². The van der Waals surface area contributed by atoms with Crippen molar-refractivity contribution in [1.29, 1.82) is 0 Å².